The third kappa shape index (κ3) is 15.8. The normalized spacial score (nSPS) is 12.2. The van der Waals surface area contributed by atoms with Gasteiger partial charge >= 0.3 is 0 Å². The van der Waals surface area contributed by atoms with Gasteiger partial charge in [-0.1, -0.05) is 70.4 Å². The zero-order valence-corrected chi connectivity index (χ0v) is 15.9. The van der Waals surface area contributed by atoms with Crippen molar-refractivity contribution in [3.05, 3.63) is 23.9 Å². The Labute approximate surface area is 150 Å². The summed E-state index contributed by atoms with van der Waals surface area (Å²) in [4.78, 5) is 11.6. The number of carbonyl (C=O) groups is 1. The van der Waals surface area contributed by atoms with Crippen LogP contribution in [0.4, 0.5) is 0 Å². The lowest BCUT2D eigenvalue weighted by atomic mass is 10.1. The van der Waals surface area contributed by atoms with Gasteiger partial charge in [-0.2, -0.15) is 0 Å². The summed E-state index contributed by atoms with van der Waals surface area (Å²) in [6, 6.07) is 0. The van der Waals surface area contributed by atoms with E-state index in [0.717, 1.165) is 12.8 Å². The molecule has 0 saturated carbocycles. The van der Waals surface area contributed by atoms with Crippen molar-refractivity contribution in [3.63, 3.8) is 0 Å². The fourth-order valence-electron chi connectivity index (χ4n) is 2.74. The summed E-state index contributed by atoms with van der Waals surface area (Å²) in [7, 11) is 0. The monoisotopic (exact) mass is 336 g/mol. The third-order valence-corrected chi connectivity index (χ3v) is 4.33. The maximum atomic E-state index is 11.6. The van der Waals surface area contributed by atoms with Crippen LogP contribution in [0.25, 0.3) is 0 Å². The molecule has 0 atom stereocenters. The van der Waals surface area contributed by atoms with E-state index >= 15 is 0 Å². The zero-order chi connectivity index (χ0) is 17.9. The number of allylic oxidation sites excluding steroid dienone is 3. The van der Waals surface area contributed by atoms with Gasteiger partial charge < -0.3 is 11.5 Å². The van der Waals surface area contributed by atoms with Crippen molar-refractivity contribution in [2.24, 2.45) is 11.5 Å². The second-order valence-electron chi connectivity index (χ2n) is 6.65. The number of carbonyl (C=O) groups excluding carboxylic acids is 1. The van der Waals surface area contributed by atoms with E-state index < -0.39 is 0 Å². The van der Waals surface area contributed by atoms with Crippen LogP contribution >= 0.6 is 0 Å². The summed E-state index contributed by atoms with van der Waals surface area (Å²) < 4.78 is 0. The van der Waals surface area contributed by atoms with Crippen LogP contribution in [0.15, 0.2) is 23.9 Å². The molecule has 0 heterocycles. The van der Waals surface area contributed by atoms with Crippen LogP contribution in [0.2, 0.25) is 0 Å². The Hall–Kier alpha value is -1.09. The largest absolute Gasteiger partial charge is 0.396 e. The van der Waals surface area contributed by atoms with E-state index in [-0.39, 0.29) is 5.78 Å². The molecule has 140 valence electrons. The van der Waals surface area contributed by atoms with Crippen molar-refractivity contribution in [1.82, 2.24) is 0 Å². The molecule has 0 aromatic heterocycles. The summed E-state index contributed by atoms with van der Waals surface area (Å²) in [5.74, 6) is 0.0399. The van der Waals surface area contributed by atoms with Gasteiger partial charge in [-0.05, 0) is 38.2 Å². The molecule has 4 N–H and O–H groups in total. The molecule has 0 fully saturated rings. The molecule has 0 saturated heterocycles. The number of Topliss-reactive ketones (excluding diaryl/α,β-unsaturated/α-hetero) is 1. The lowest BCUT2D eigenvalue weighted by Gasteiger charge is -2.02. The van der Waals surface area contributed by atoms with Crippen LogP contribution in [0.3, 0.4) is 0 Å². The average Bonchev–Trinajstić information content (AvgIpc) is 2.58. The van der Waals surface area contributed by atoms with Gasteiger partial charge in [0.05, 0.1) is 5.70 Å². The number of unbranched alkanes of at least 4 members (excludes halogenated alkanes) is 11. The number of ketones is 1. The molecule has 0 bridgehead atoms. The number of rotatable bonds is 17. The first-order chi connectivity index (χ1) is 11.7. The SMILES string of the molecule is CCCCCCCC/C=C\CCCCCCCC(=O)C(N)=CCN. The van der Waals surface area contributed by atoms with E-state index in [1.165, 1.54) is 70.6 Å². The second kappa shape index (κ2) is 18.3. The number of nitrogens with two attached hydrogens (primary N) is 2. The molecule has 0 aliphatic rings. The predicted octanol–water partition coefficient (Wildman–Crippen LogP) is 5.39. The fraction of sp³-hybridized carbons (Fsp3) is 0.762. The van der Waals surface area contributed by atoms with Crippen LogP contribution < -0.4 is 11.5 Å². The van der Waals surface area contributed by atoms with Crippen LogP contribution in [-0.4, -0.2) is 12.3 Å². The highest BCUT2D eigenvalue weighted by Crippen LogP contribution is 2.10. The second-order valence-corrected chi connectivity index (χ2v) is 6.65. The molecule has 0 amide bonds. The first-order valence-electron chi connectivity index (χ1n) is 10.1. The molecule has 24 heavy (non-hydrogen) atoms. The fourth-order valence-corrected chi connectivity index (χ4v) is 2.74. The van der Waals surface area contributed by atoms with Crippen LogP contribution in [0, 0.1) is 0 Å². The van der Waals surface area contributed by atoms with Gasteiger partial charge in [0, 0.05) is 13.0 Å². The number of hydrogen-bond acceptors (Lipinski definition) is 3. The minimum atomic E-state index is 0.0399. The summed E-state index contributed by atoms with van der Waals surface area (Å²) in [5, 5.41) is 0. The highest BCUT2D eigenvalue weighted by molar-refractivity contribution is 5.94. The summed E-state index contributed by atoms with van der Waals surface area (Å²) >= 11 is 0. The lowest BCUT2D eigenvalue weighted by molar-refractivity contribution is -0.115. The summed E-state index contributed by atoms with van der Waals surface area (Å²) in [6.07, 6.45) is 23.3. The summed E-state index contributed by atoms with van der Waals surface area (Å²) in [6.45, 7) is 2.60. The van der Waals surface area contributed by atoms with Crippen molar-refractivity contribution in [2.75, 3.05) is 6.54 Å². The lowest BCUT2D eigenvalue weighted by Crippen LogP contribution is -2.13. The van der Waals surface area contributed by atoms with Crippen molar-refractivity contribution < 1.29 is 4.79 Å². The van der Waals surface area contributed by atoms with Gasteiger partial charge in [0.15, 0.2) is 5.78 Å². The van der Waals surface area contributed by atoms with E-state index in [4.69, 9.17) is 11.5 Å². The van der Waals surface area contributed by atoms with Gasteiger partial charge in [0.2, 0.25) is 0 Å². The van der Waals surface area contributed by atoms with E-state index in [0.29, 0.717) is 18.7 Å². The Balaban J connectivity index is 3.29. The minimum Gasteiger partial charge on any atom is -0.396 e. The molecule has 0 unspecified atom stereocenters. The zero-order valence-electron chi connectivity index (χ0n) is 15.9. The van der Waals surface area contributed by atoms with Crippen LogP contribution in [0.5, 0.6) is 0 Å². The Morgan fingerprint density at radius 2 is 1.29 bits per heavy atom. The van der Waals surface area contributed by atoms with E-state index in [9.17, 15) is 4.79 Å². The van der Waals surface area contributed by atoms with Crippen molar-refractivity contribution in [3.8, 4) is 0 Å². The molecule has 3 heteroatoms. The molecule has 3 nitrogen and oxygen atoms in total. The van der Waals surface area contributed by atoms with Gasteiger partial charge in [-0.3, -0.25) is 4.79 Å². The summed E-state index contributed by atoms with van der Waals surface area (Å²) in [5.41, 5.74) is 11.3. The molecule has 0 aliphatic carbocycles. The molecule has 0 spiro atoms. The maximum Gasteiger partial charge on any atom is 0.178 e. The van der Waals surface area contributed by atoms with Crippen molar-refractivity contribution in [1.29, 1.82) is 0 Å². The van der Waals surface area contributed by atoms with E-state index in [1.54, 1.807) is 6.08 Å². The van der Waals surface area contributed by atoms with E-state index in [1.807, 2.05) is 0 Å². The number of hydrogen-bond donors (Lipinski definition) is 2. The maximum absolute atomic E-state index is 11.6. The standard InChI is InChI=1S/C21H40N2O/c1-2-3-4-5-6-7-8-9-10-11-12-13-14-15-16-17-21(24)20(23)18-19-22/h9-10,18H,2-8,11-17,19,22-23H2,1H3/b10-9-,20-18?. The van der Waals surface area contributed by atoms with Crippen molar-refractivity contribution in [2.45, 2.75) is 96.8 Å². The third-order valence-electron chi connectivity index (χ3n) is 4.33. The Bertz CT molecular complexity index is 348. The minimum absolute atomic E-state index is 0.0399. The van der Waals surface area contributed by atoms with Gasteiger partial charge in [-0.25, -0.2) is 0 Å². The molecular formula is C21H40N2O. The molecule has 0 aromatic rings. The van der Waals surface area contributed by atoms with Crippen LogP contribution in [-0.2, 0) is 4.79 Å². The van der Waals surface area contributed by atoms with Gasteiger partial charge in [0.1, 0.15) is 0 Å². The first-order valence-corrected chi connectivity index (χ1v) is 10.1. The Morgan fingerprint density at radius 3 is 1.83 bits per heavy atom. The topological polar surface area (TPSA) is 69.1 Å². The van der Waals surface area contributed by atoms with Crippen molar-refractivity contribution >= 4 is 5.78 Å². The Morgan fingerprint density at radius 1 is 0.792 bits per heavy atom. The Kier molecular flexibility index (Phi) is 17.4. The molecule has 0 rings (SSSR count). The smallest absolute Gasteiger partial charge is 0.178 e. The van der Waals surface area contributed by atoms with Gasteiger partial charge in [0.25, 0.3) is 0 Å². The van der Waals surface area contributed by atoms with Gasteiger partial charge in [-0.15, -0.1) is 0 Å². The highest BCUT2D eigenvalue weighted by atomic mass is 16.1. The van der Waals surface area contributed by atoms with E-state index in [2.05, 4.69) is 19.1 Å². The quantitative estimate of drug-likeness (QED) is 0.212. The molecule has 0 aliphatic heterocycles. The predicted molar refractivity (Wildman–Crippen MR) is 106 cm³/mol. The molecular weight excluding hydrogens is 296 g/mol. The first kappa shape index (κ1) is 22.9. The highest BCUT2D eigenvalue weighted by Gasteiger charge is 2.03. The van der Waals surface area contributed by atoms with Crippen LogP contribution in [0.1, 0.15) is 96.8 Å². The average molecular weight is 337 g/mol. The molecule has 0 aromatic carbocycles. The molecule has 0 radical (unpaired) electrons.